The van der Waals surface area contributed by atoms with Gasteiger partial charge in [-0.15, -0.1) is 0 Å². The molecule has 4 amide bonds. The maximum atomic E-state index is 13.1. The SMILES string of the molecule is CNC(=O)CCc1ccc(NC(=O)[C@H](CC(C)(C)C)NC(=O)c2cccc(CNC(C)=O)c2)cc1. The lowest BCUT2D eigenvalue weighted by molar-refractivity contribution is -0.121. The van der Waals surface area contributed by atoms with Crippen LogP contribution in [0.2, 0.25) is 0 Å². The quantitative estimate of drug-likeness (QED) is 0.418. The fraction of sp³-hybridized carbons (Fsp3) is 0.407. The Morgan fingerprint density at radius 1 is 0.943 bits per heavy atom. The predicted octanol–water partition coefficient (Wildman–Crippen LogP) is 3.17. The molecule has 1 atom stereocenters. The van der Waals surface area contributed by atoms with Gasteiger partial charge in [0.2, 0.25) is 17.7 Å². The summed E-state index contributed by atoms with van der Waals surface area (Å²) in [5.41, 5.74) is 2.61. The number of anilines is 1. The topological polar surface area (TPSA) is 116 Å². The summed E-state index contributed by atoms with van der Waals surface area (Å²) in [7, 11) is 1.61. The smallest absolute Gasteiger partial charge is 0.251 e. The summed E-state index contributed by atoms with van der Waals surface area (Å²) in [5, 5.41) is 11.1. The van der Waals surface area contributed by atoms with Crippen molar-refractivity contribution < 1.29 is 19.2 Å². The van der Waals surface area contributed by atoms with Crippen LogP contribution in [0.1, 0.15) is 62.0 Å². The average Bonchev–Trinajstić information content (AvgIpc) is 2.80. The number of nitrogens with one attached hydrogen (secondary N) is 4. The Morgan fingerprint density at radius 3 is 2.23 bits per heavy atom. The van der Waals surface area contributed by atoms with Crippen molar-refractivity contribution in [1.82, 2.24) is 16.0 Å². The highest BCUT2D eigenvalue weighted by atomic mass is 16.2. The number of benzene rings is 2. The van der Waals surface area contributed by atoms with Crippen LogP contribution < -0.4 is 21.3 Å². The molecular formula is C27H36N4O4. The van der Waals surface area contributed by atoms with E-state index in [2.05, 4.69) is 21.3 Å². The third kappa shape index (κ3) is 10.00. The average molecular weight is 481 g/mol. The van der Waals surface area contributed by atoms with Crippen LogP contribution in [-0.2, 0) is 27.3 Å². The van der Waals surface area contributed by atoms with Gasteiger partial charge in [-0.2, -0.15) is 0 Å². The van der Waals surface area contributed by atoms with Crippen LogP contribution in [0.15, 0.2) is 48.5 Å². The second kappa shape index (κ2) is 12.7. The number of hydrogen-bond donors (Lipinski definition) is 4. The third-order valence-corrected chi connectivity index (χ3v) is 5.31. The van der Waals surface area contributed by atoms with Gasteiger partial charge in [0.25, 0.3) is 5.91 Å². The molecule has 0 aliphatic rings. The fourth-order valence-corrected chi connectivity index (χ4v) is 3.48. The van der Waals surface area contributed by atoms with E-state index >= 15 is 0 Å². The first kappa shape index (κ1) is 27.6. The van der Waals surface area contributed by atoms with Gasteiger partial charge < -0.3 is 21.3 Å². The van der Waals surface area contributed by atoms with Gasteiger partial charge in [0.1, 0.15) is 6.04 Å². The molecule has 4 N–H and O–H groups in total. The first-order valence-electron chi connectivity index (χ1n) is 11.7. The van der Waals surface area contributed by atoms with Crippen molar-refractivity contribution in [1.29, 1.82) is 0 Å². The van der Waals surface area contributed by atoms with E-state index < -0.39 is 6.04 Å². The molecule has 0 bridgehead atoms. The number of hydrogen-bond acceptors (Lipinski definition) is 4. The van der Waals surface area contributed by atoms with Crippen molar-refractivity contribution in [2.24, 2.45) is 5.41 Å². The number of aryl methyl sites for hydroxylation is 1. The Hall–Kier alpha value is -3.68. The van der Waals surface area contributed by atoms with Crippen molar-refractivity contribution in [2.45, 2.75) is 59.5 Å². The Bertz CT molecular complexity index is 1040. The van der Waals surface area contributed by atoms with E-state index in [4.69, 9.17) is 0 Å². The number of carbonyl (C=O) groups excluding carboxylic acids is 4. The van der Waals surface area contributed by atoms with Crippen LogP contribution in [0.4, 0.5) is 5.69 Å². The standard InChI is InChI=1S/C27H36N4O4/c1-18(32)29-17-20-7-6-8-21(15-20)25(34)31-23(16-27(2,3)4)26(35)30-22-12-9-19(10-13-22)11-14-24(33)28-5/h6-10,12-13,15,23H,11,14,16-17H2,1-5H3,(H,28,33)(H,29,32)(H,30,35)(H,31,34)/t23-/m0/s1. The minimum absolute atomic E-state index is 0.0243. The van der Waals surface area contributed by atoms with E-state index in [1.54, 1.807) is 37.4 Å². The molecule has 2 aromatic carbocycles. The maximum absolute atomic E-state index is 13.1. The van der Waals surface area contributed by atoms with E-state index in [0.29, 0.717) is 37.1 Å². The normalized spacial score (nSPS) is 11.8. The lowest BCUT2D eigenvalue weighted by atomic mass is 9.87. The van der Waals surface area contributed by atoms with Gasteiger partial charge in [0.15, 0.2) is 0 Å². The Kier molecular flexibility index (Phi) is 9.99. The Labute approximate surface area is 207 Å². The Balaban J connectivity index is 2.08. The maximum Gasteiger partial charge on any atom is 0.251 e. The molecule has 2 rings (SSSR count). The van der Waals surface area contributed by atoms with Gasteiger partial charge in [-0.3, -0.25) is 19.2 Å². The molecule has 35 heavy (non-hydrogen) atoms. The molecule has 0 fully saturated rings. The van der Waals surface area contributed by atoms with Gasteiger partial charge in [0, 0.05) is 38.2 Å². The summed E-state index contributed by atoms with van der Waals surface area (Å²) in [6.07, 6.45) is 1.45. The van der Waals surface area contributed by atoms with E-state index in [1.807, 2.05) is 39.0 Å². The lowest BCUT2D eigenvalue weighted by Gasteiger charge is -2.26. The molecule has 0 saturated carbocycles. The molecule has 2 aromatic rings. The fourth-order valence-electron chi connectivity index (χ4n) is 3.48. The molecule has 0 unspecified atom stereocenters. The zero-order valence-electron chi connectivity index (χ0n) is 21.2. The highest BCUT2D eigenvalue weighted by Crippen LogP contribution is 2.22. The van der Waals surface area contributed by atoms with Crippen molar-refractivity contribution in [3.8, 4) is 0 Å². The van der Waals surface area contributed by atoms with Crippen molar-refractivity contribution in [3.63, 3.8) is 0 Å². The third-order valence-electron chi connectivity index (χ3n) is 5.31. The summed E-state index contributed by atoms with van der Waals surface area (Å²) in [6.45, 7) is 7.78. The molecule has 0 aliphatic carbocycles. The molecule has 0 aliphatic heterocycles. The molecule has 0 saturated heterocycles. The molecular weight excluding hydrogens is 444 g/mol. The van der Waals surface area contributed by atoms with Crippen LogP contribution in [0.3, 0.4) is 0 Å². The van der Waals surface area contributed by atoms with E-state index in [1.165, 1.54) is 6.92 Å². The minimum Gasteiger partial charge on any atom is -0.359 e. The highest BCUT2D eigenvalue weighted by molar-refractivity contribution is 6.01. The van der Waals surface area contributed by atoms with Crippen molar-refractivity contribution in [3.05, 3.63) is 65.2 Å². The largest absolute Gasteiger partial charge is 0.359 e. The Morgan fingerprint density at radius 2 is 1.63 bits per heavy atom. The van der Waals surface area contributed by atoms with Crippen LogP contribution >= 0.6 is 0 Å². The van der Waals surface area contributed by atoms with Gasteiger partial charge in [0.05, 0.1) is 0 Å². The first-order chi connectivity index (χ1) is 16.5. The second-order valence-electron chi connectivity index (χ2n) is 9.76. The van der Waals surface area contributed by atoms with E-state index in [9.17, 15) is 19.2 Å². The predicted molar refractivity (Wildman–Crippen MR) is 137 cm³/mol. The summed E-state index contributed by atoms with van der Waals surface area (Å²) >= 11 is 0. The molecule has 0 radical (unpaired) electrons. The van der Waals surface area contributed by atoms with Crippen LogP contribution in [0.25, 0.3) is 0 Å². The molecule has 0 aromatic heterocycles. The first-order valence-corrected chi connectivity index (χ1v) is 11.7. The summed E-state index contributed by atoms with van der Waals surface area (Å²) in [6, 6.07) is 13.5. The molecule has 188 valence electrons. The summed E-state index contributed by atoms with van der Waals surface area (Å²) < 4.78 is 0. The minimum atomic E-state index is -0.741. The van der Waals surface area contributed by atoms with Gasteiger partial charge in [-0.25, -0.2) is 0 Å². The van der Waals surface area contributed by atoms with Crippen LogP contribution in [0, 0.1) is 5.41 Å². The van der Waals surface area contributed by atoms with Crippen molar-refractivity contribution >= 4 is 29.3 Å². The lowest BCUT2D eigenvalue weighted by Crippen LogP contribution is -2.45. The number of carbonyl (C=O) groups is 4. The van der Waals surface area contributed by atoms with Gasteiger partial charge >= 0.3 is 0 Å². The van der Waals surface area contributed by atoms with Gasteiger partial charge in [-0.1, -0.05) is 45.0 Å². The number of amides is 4. The van der Waals surface area contributed by atoms with E-state index in [0.717, 1.165) is 11.1 Å². The van der Waals surface area contributed by atoms with Crippen LogP contribution in [-0.4, -0.2) is 36.7 Å². The zero-order valence-corrected chi connectivity index (χ0v) is 21.2. The molecule has 8 heteroatoms. The highest BCUT2D eigenvalue weighted by Gasteiger charge is 2.27. The second-order valence-corrected chi connectivity index (χ2v) is 9.76. The summed E-state index contributed by atoms with van der Waals surface area (Å²) in [5.74, 6) is -0.838. The summed E-state index contributed by atoms with van der Waals surface area (Å²) in [4.78, 5) is 48.7. The van der Waals surface area contributed by atoms with E-state index in [-0.39, 0.29) is 29.0 Å². The monoisotopic (exact) mass is 480 g/mol. The molecule has 0 heterocycles. The number of rotatable bonds is 10. The van der Waals surface area contributed by atoms with Gasteiger partial charge in [-0.05, 0) is 53.6 Å². The zero-order chi connectivity index (χ0) is 26.0. The van der Waals surface area contributed by atoms with Crippen LogP contribution in [0.5, 0.6) is 0 Å². The molecule has 0 spiro atoms. The molecule has 8 nitrogen and oxygen atoms in total. The van der Waals surface area contributed by atoms with Crippen molar-refractivity contribution in [2.75, 3.05) is 12.4 Å².